The van der Waals surface area contributed by atoms with Gasteiger partial charge in [-0.1, -0.05) is 23.2 Å². The molecule has 0 saturated carbocycles. The van der Waals surface area contributed by atoms with Gasteiger partial charge < -0.3 is 16.0 Å². The molecule has 0 aromatic carbocycles. The van der Waals surface area contributed by atoms with Gasteiger partial charge >= 0.3 is 0 Å². The summed E-state index contributed by atoms with van der Waals surface area (Å²) in [6.07, 6.45) is 1.56. The van der Waals surface area contributed by atoms with Crippen LogP contribution in [0.4, 0.5) is 5.82 Å². The molecule has 0 atom stereocenters. The summed E-state index contributed by atoms with van der Waals surface area (Å²) in [5.74, 6) is 1.38. The molecule has 9 heteroatoms. The lowest BCUT2D eigenvalue weighted by Gasteiger charge is -2.12. The minimum atomic E-state index is 0.504. The molecule has 0 fully saturated rings. The predicted molar refractivity (Wildman–Crippen MR) is 107 cm³/mol. The zero-order valence-electron chi connectivity index (χ0n) is 14.5. The van der Waals surface area contributed by atoms with E-state index < -0.39 is 0 Å². The summed E-state index contributed by atoms with van der Waals surface area (Å²) >= 11 is 13.6. The van der Waals surface area contributed by atoms with Crippen LogP contribution in [0.25, 0.3) is 0 Å². The summed E-state index contributed by atoms with van der Waals surface area (Å²) in [5.41, 5.74) is 1.05. The second-order valence-electron chi connectivity index (χ2n) is 5.27. The Morgan fingerprint density at radius 2 is 2.04 bits per heavy atom. The van der Waals surface area contributed by atoms with Crippen LogP contribution in [-0.2, 0) is 6.54 Å². The van der Waals surface area contributed by atoms with Crippen molar-refractivity contribution < 1.29 is 0 Å². The second kappa shape index (κ2) is 9.79. The maximum atomic E-state index is 6.08. The number of nitrogens with zero attached hydrogens (tertiary/aromatic N) is 3. The zero-order chi connectivity index (χ0) is 18.2. The molecule has 0 saturated heterocycles. The van der Waals surface area contributed by atoms with E-state index in [9.17, 15) is 0 Å². The summed E-state index contributed by atoms with van der Waals surface area (Å²) in [4.78, 5) is 14.4. The van der Waals surface area contributed by atoms with Crippen molar-refractivity contribution >= 4 is 46.3 Å². The molecule has 3 N–H and O–H groups in total. The van der Waals surface area contributed by atoms with Gasteiger partial charge in [-0.25, -0.2) is 15.0 Å². The van der Waals surface area contributed by atoms with Gasteiger partial charge in [0.2, 0.25) is 0 Å². The van der Waals surface area contributed by atoms with Crippen LogP contribution in [-0.4, -0.2) is 35.6 Å². The normalized spacial score (nSPS) is 11.5. The maximum Gasteiger partial charge on any atom is 0.191 e. The monoisotopic (exact) mass is 400 g/mol. The van der Waals surface area contributed by atoms with Crippen molar-refractivity contribution in [2.75, 3.05) is 25.0 Å². The summed E-state index contributed by atoms with van der Waals surface area (Å²) in [6, 6.07) is 1.66. The van der Waals surface area contributed by atoms with E-state index in [4.69, 9.17) is 23.2 Å². The van der Waals surface area contributed by atoms with Gasteiger partial charge in [0.1, 0.15) is 5.82 Å². The summed E-state index contributed by atoms with van der Waals surface area (Å²) in [6.45, 7) is 8.80. The van der Waals surface area contributed by atoms with Crippen molar-refractivity contribution in [1.29, 1.82) is 0 Å². The Morgan fingerprint density at radius 3 is 2.68 bits per heavy atom. The number of hydrogen-bond acceptors (Lipinski definition) is 5. The highest BCUT2D eigenvalue weighted by Crippen LogP contribution is 2.22. The number of pyridine rings is 1. The fourth-order valence-electron chi connectivity index (χ4n) is 2.12. The Hall–Kier alpha value is -1.57. The fraction of sp³-hybridized carbons (Fsp3) is 0.438. The van der Waals surface area contributed by atoms with Crippen LogP contribution >= 0.6 is 34.5 Å². The third-order valence-electron chi connectivity index (χ3n) is 3.24. The minimum Gasteiger partial charge on any atom is -0.367 e. The van der Waals surface area contributed by atoms with Crippen molar-refractivity contribution in [1.82, 2.24) is 20.6 Å². The van der Waals surface area contributed by atoms with E-state index >= 15 is 0 Å². The highest BCUT2D eigenvalue weighted by atomic mass is 35.5. The Kier molecular flexibility index (Phi) is 7.74. The molecule has 0 unspecified atom stereocenters. The molecule has 0 aliphatic carbocycles. The molecular weight excluding hydrogens is 379 g/mol. The lowest BCUT2D eigenvalue weighted by Crippen LogP contribution is -2.39. The van der Waals surface area contributed by atoms with Crippen LogP contribution in [0, 0.1) is 13.8 Å². The van der Waals surface area contributed by atoms with Crippen LogP contribution < -0.4 is 16.0 Å². The molecular formula is C16H22Cl2N6S. The Bertz CT molecular complexity index is 731. The van der Waals surface area contributed by atoms with Crippen molar-refractivity contribution in [2.45, 2.75) is 27.3 Å². The molecule has 0 aliphatic rings. The number of aliphatic imine (C=N–C) groups is 1. The molecule has 0 aliphatic heterocycles. The van der Waals surface area contributed by atoms with Crippen LogP contribution in [0.1, 0.15) is 22.5 Å². The smallest absolute Gasteiger partial charge is 0.191 e. The number of guanidine groups is 1. The lowest BCUT2D eigenvalue weighted by molar-refractivity contribution is 0.819. The largest absolute Gasteiger partial charge is 0.367 e. The molecule has 2 rings (SSSR count). The number of halogens is 2. The SMILES string of the molecule is CCNC(=NCc1sc(C)nc1C)NCCNc1ncc(Cl)cc1Cl. The van der Waals surface area contributed by atoms with Gasteiger partial charge in [0, 0.05) is 30.7 Å². The molecule has 0 bridgehead atoms. The van der Waals surface area contributed by atoms with Crippen LogP contribution in [0.3, 0.4) is 0 Å². The van der Waals surface area contributed by atoms with Crippen LogP contribution in [0.2, 0.25) is 10.0 Å². The van der Waals surface area contributed by atoms with Gasteiger partial charge in [0.25, 0.3) is 0 Å². The van der Waals surface area contributed by atoms with E-state index in [0.717, 1.165) is 23.2 Å². The average molecular weight is 401 g/mol. The van der Waals surface area contributed by atoms with Gasteiger partial charge in [-0.15, -0.1) is 11.3 Å². The first-order valence-electron chi connectivity index (χ1n) is 7.99. The number of aromatic nitrogens is 2. The van der Waals surface area contributed by atoms with Gasteiger partial charge in [-0.05, 0) is 26.8 Å². The Labute approximate surface area is 162 Å². The molecule has 2 aromatic heterocycles. The maximum absolute atomic E-state index is 6.08. The number of aryl methyl sites for hydroxylation is 2. The van der Waals surface area contributed by atoms with Gasteiger partial charge in [0.05, 0.1) is 27.3 Å². The molecule has 0 radical (unpaired) electrons. The van der Waals surface area contributed by atoms with E-state index in [2.05, 4.69) is 30.9 Å². The fourth-order valence-corrected chi connectivity index (χ4v) is 3.43. The Morgan fingerprint density at radius 1 is 1.24 bits per heavy atom. The number of nitrogens with one attached hydrogen (secondary N) is 3. The van der Waals surface area contributed by atoms with E-state index in [1.165, 1.54) is 4.88 Å². The van der Waals surface area contributed by atoms with E-state index in [-0.39, 0.29) is 0 Å². The summed E-state index contributed by atoms with van der Waals surface area (Å²) in [5, 5.41) is 11.8. The third kappa shape index (κ3) is 6.34. The van der Waals surface area contributed by atoms with E-state index in [1.54, 1.807) is 23.6 Å². The lowest BCUT2D eigenvalue weighted by atomic mass is 10.4. The highest BCUT2D eigenvalue weighted by Gasteiger charge is 2.05. The third-order valence-corrected chi connectivity index (χ3v) is 4.79. The second-order valence-corrected chi connectivity index (χ2v) is 7.41. The number of hydrogen-bond donors (Lipinski definition) is 3. The summed E-state index contributed by atoms with van der Waals surface area (Å²) < 4.78 is 0. The quantitative estimate of drug-likeness (QED) is 0.375. The molecule has 136 valence electrons. The van der Waals surface area contributed by atoms with E-state index in [1.807, 2.05) is 20.8 Å². The van der Waals surface area contributed by atoms with Gasteiger partial charge in [0.15, 0.2) is 5.96 Å². The van der Waals surface area contributed by atoms with Gasteiger partial charge in [-0.3, -0.25) is 0 Å². The molecule has 0 spiro atoms. The highest BCUT2D eigenvalue weighted by molar-refractivity contribution is 7.11. The van der Waals surface area contributed by atoms with Crippen molar-refractivity contribution in [3.63, 3.8) is 0 Å². The van der Waals surface area contributed by atoms with Crippen molar-refractivity contribution in [3.05, 3.63) is 37.9 Å². The van der Waals surface area contributed by atoms with E-state index in [0.29, 0.717) is 35.5 Å². The number of anilines is 1. The number of thiazole rings is 1. The Balaban J connectivity index is 1.84. The summed E-state index contributed by atoms with van der Waals surface area (Å²) in [7, 11) is 0. The molecule has 2 aromatic rings. The minimum absolute atomic E-state index is 0.504. The first kappa shape index (κ1) is 19.8. The molecule has 25 heavy (non-hydrogen) atoms. The molecule has 0 amide bonds. The van der Waals surface area contributed by atoms with Crippen molar-refractivity contribution in [2.24, 2.45) is 4.99 Å². The number of rotatable bonds is 7. The molecule has 6 nitrogen and oxygen atoms in total. The predicted octanol–water partition coefficient (Wildman–Crippen LogP) is 3.63. The van der Waals surface area contributed by atoms with Gasteiger partial charge in [-0.2, -0.15) is 0 Å². The zero-order valence-corrected chi connectivity index (χ0v) is 16.8. The average Bonchev–Trinajstić information content (AvgIpc) is 2.88. The van der Waals surface area contributed by atoms with Crippen molar-refractivity contribution in [3.8, 4) is 0 Å². The topological polar surface area (TPSA) is 74.2 Å². The van der Waals surface area contributed by atoms with Crippen LogP contribution in [0.5, 0.6) is 0 Å². The standard InChI is InChI=1S/C16H22Cl2N6S/c1-4-19-16(23-9-14-10(2)24-11(3)25-14)21-6-5-20-15-13(18)7-12(17)8-22-15/h7-8H,4-6,9H2,1-3H3,(H,20,22)(H2,19,21,23). The first-order valence-corrected chi connectivity index (χ1v) is 9.56. The molecule has 2 heterocycles. The van der Waals surface area contributed by atoms with Crippen LogP contribution in [0.15, 0.2) is 17.3 Å². The first-order chi connectivity index (χ1) is 12.0.